The second-order valence-corrected chi connectivity index (χ2v) is 6.32. The van der Waals surface area contributed by atoms with Gasteiger partial charge in [0.2, 0.25) is 0 Å². The molecule has 1 aliphatic heterocycles. The van der Waals surface area contributed by atoms with Crippen molar-refractivity contribution < 1.29 is 9.47 Å². The molecule has 0 amide bonds. The third-order valence-corrected chi connectivity index (χ3v) is 4.50. The quantitative estimate of drug-likeness (QED) is 0.847. The van der Waals surface area contributed by atoms with E-state index in [1.54, 1.807) is 7.11 Å². The molecule has 2 aromatic carbocycles. The van der Waals surface area contributed by atoms with E-state index in [2.05, 4.69) is 17.0 Å². The summed E-state index contributed by atoms with van der Waals surface area (Å²) in [5, 5.41) is 0. The molecule has 1 fully saturated rings. The van der Waals surface area contributed by atoms with Gasteiger partial charge >= 0.3 is 0 Å². The van der Waals surface area contributed by atoms with E-state index < -0.39 is 0 Å². The van der Waals surface area contributed by atoms with Crippen LogP contribution in [-0.2, 0) is 6.61 Å². The summed E-state index contributed by atoms with van der Waals surface area (Å²) in [6, 6.07) is 16.1. The Balaban J connectivity index is 1.57. The van der Waals surface area contributed by atoms with Gasteiger partial charge in [-0.3, -0.25) is 0 Å². The van der Waals surface area contributed by atoms with Gasteiger partial charge in [-0.2, -0.15) is 0 Å². The van der Waals surface area contributed by atoms with Crippen molar-refractivity contribution in [1.29, 1.82) is 0 Å². The number of benzene rings is 2. The molecule has 0 aromatic heterocycles. The number of ether oxygens (including phenoxy) is 2. The highest BCUT2D eigenvalue weighted by molar-refractivity contribution is 5.32. The summed E-state index contributed by atoms with van der Waals surface area (Å²) in [6.45, 7) is 3.79. The lowest BCUT2D eigenvalue weighted by Crippen LogP contribution is -2.29. The van der Waals surface area contributed by atoms with Crippen LogP contribution in [0.15, 0.2) is 48.5 Å². The van der Waals surface area contributed by atoms with E-state index >= 15 is 0 Å². The molecule has 0 saturated carbocycles. The van der Waals surface area contributed by atoms with Crippen molar-refractivity contribution in [2.45, 2.75) is 25.5 Å². The Hall–Kier alpha value is -2.04. The lowest BCUT2D eigenvalue weighted by Gasteiger charge is -2.20. The van der Waals surface area contributed by atoms with E-state index in [0.29, 0.717) is 6.61 Å². The number of nitrogens with zero attached hydrogens (tertiary/aromatic N) is 1. The molecule has 4 heteroatoms. The van der Waals surface area contributed by atoms with Crippen LogP contribution in [-0.4, -0.2) is 31.6 Å². The Morgan fingerprint density at radius 3 is 2.50 bits per heavy atom. The van der Waals surface area contributed by atoms with Gasteiger partial charge in [-0.15, -0.1) is 0 Å². The van der Waals surface area contributed by atoms with Crippen LogP contribution in [0.3, 0.4) is 0 Å². The lowest BCUT2D eigenvalue weighted by atomic mass is 10.1. The number of nitrogens with two attached hydrogens (primary N) is 1. The topological polar surface area (TPSA) is 47.7 Å². The molecule has 3 rings (SSSR count). The first kappa shape index (κ1) is 16.8. The van der Waals surface area contributed by atoms with Crippen molar-refractivity contribution >= 4 is 0 Å². The van der Waals surface area contributed by atoms with Crippen molar-refractivity contribution in [3.63, 3.8) is 0 Å². The third kappa shape index (κ3) is 4.49. The van der Waals surface area contributed by atoms with Gasteiger partial charge in [0.15, 0.2) is 0 Å². The minimum atomic E-state index is 0.0348. The highest BCUT2D eigenvalue weighted by Gasteiger charge is 2.16. The molecule has 4 nitrogen and oxygen atoms in total. The average molecular weight is 326 g/mol. The maximum absolute atomic E-state index is 6.37. The fourth-order valence-electron chi connectivity index (χ4n) is 3.07. The van der Waals surface area contributed by atoms with Crippen LogP contribution in [0.25, 0.3) is 0 Å². The number of hydrogen-bond acceptors (Lipinski definition) is 4. The van der Waals surface area contributed by atoms with Crippen LogP contribution in [0.2, 0.25) is 0 Å². The molecule has 2 N–H and O–H groups in total. The first-order valence-electron chi connectivity index (χ1n) is 8.58. The standard InChI is InChI=1S/C20H26N2O2/c1-23-18-9-7-16(8-10-18)15-24-19-6-4-5-17(13-19)20(21)14-22-11-2-3-12-22/h4-10,13,20H,2-3,11-12,14-15,21H2,1H3/t20-/m1/s1. The number of methoxy groups -OCH3 is 1. The lowest BCUT2D eigenvalue weighted by molar-refractivity contribution is 0.302. The Kier molecular flexibility index (Phi) is 5.72. The van der Waals surface area contributed by atoms with Gasteiger partial charge < -0.3 is 20.1 Å². The second kappa shape index (κ2) is 8.18. The first-order chi connectivity index (χ1) is 11.7. The smallest absolute Gasteiger partial charge is 0.120 e. The molecule has 0 bridgehead atoms. The Bertz CT molecular complexity index is 636. The molecule has 128 valence electrons. The molecule has 0 spiro atoms. The van der Waals surface area contributed by atoms with Crippen LogP contribution in [0, 0.1) is 0 Å². The Labute approximate surface area is 144 Å². The predicted molar refractivity (Wildman–Crippen MR) is 96.4 cm³/mol. The highest BCUT2D eigenvalue weighted by Crippen LogP contribution is 2.21. The molecule has 0 unspecified atom stereocenters. The van der Waals surface area contributed by atoms with Gasteiger partial charge in [-0.05, 0) is 61.3 Å². The normalized spacial score (nSPS) is 16.1. The SMILES string of the molecule is COc1ccc(COc2cccc([C@H](N)CN3CCCC3)c2)cc1. The van der Waals surface area contributed by atoms with Crippen LogP contribution >= 0.6 is 0 Å². The van der Waals surface area contributed by atoms with E-state index in [9.17, 15) is 0 Å². The van der Waals surface area contributed by atoms with Gasteiger partial charge in [0.1, 0.15) is 18.1 Å². The summed E-state index contributed by atoms with van der Waals surface area (Å²) < 4.78 is 11.1. The second-order valence-electron chi connectivity index (χ2n) is 6.32. The van der Waals surface area contributed by atoms with E-state index in [1.807, 2.05) is 36.4 Å². The van der Waals surface area contributed by atoms with Gasteiger partial charge in [0, 0.05) is 12.6 Å². The van der Waals surface area contributed by atoms with Crippen LogP contribution in [0.1, 0.15) is 30.0 Å². The molecule has 24 heavy (non-hydrogen) atoms. The zero-order chi connectivity index (χ0) is 16.8. The largest absolute Gasteiger partial charge is 0.497 e. The third-order valence-electron chi connectivity index (χ3n) is 4.50. The monoisotopic (exact) mass is 326 g/mol. The summed E-state index contributed by atoms with van der Waals surface area (Å²) in [5.41, 5.74) is 8.62. The minimum absolute atomic E-state index is 0.0348. The summed E-state index contributed by atoms with van der Waals surface area (Å²) in [6.07, 6.45) is 2.58. The summed E-state index contributed by atoms with van der Waals surface area (Å²) in [4.78, 5) is 2.44. The van der Waals surface area contributed by atoms with E-state index in [0.717, 1.165) is 29.2 Å². The average Bonchev–Trinajstić information content (AvgIpc) is 3.13. The molecule has 0 aliphatic carbocycles. The molecule has 1 saturated heterocycles. The van der Waals surface area contributed by atoms with Gasteiger partial charge in [0.05, 0.1) is 7.11 Å². The Morgan fingerprint density at radius 2 is 1.79 bits per heavy atom. The summed E-state index contributed by atoms with van der Waals surface area (Å²) in [7, 11) is 1.67. The molecular weight excluding hydrogens is 300 g/mol. The zero-order valence-electron chi connectivity index (χ0n) is 14.3. The predicted octanol–water partition coefficient (Wildman–Crippen LogP) is 3.37. The molecule has 0 radical (unpaired) electrons. The maximum Gasteiger partial charge on any atom is 0.120 e. The van der Waals surface area contributed by atoms with Crippen molar-refractivity contribution in [3.05, 3.63) is 59.7 Å². The van der Waals surface area contributed by atoms with Crippen molar-refractivity contribution in [2.24, 2.45) is 5.73 Å². The van der Waals surface area contributed by atoms with Gasteiger partial charge in [-0.25, -0.2) is 0 Å². The van der Waals surface area contributed by atoms with Gasteiger partial charge in [0.25, 0.3) is 0 Å². The molecule has 1 aliphatic rings. The molecular formula is C20H26N2O2. The number of hydrogen-bond donors (Lipinski definition) is 1. The molecule has 1 heterocycles. The first-order valence-corrected chi connectivity index (χ1v) is 8.58. The molecule has 2 aromatic rings. The minimum Gasteiger partial charge on any atom is -0.497 e. The highest BCUT2D eigenvalue weighted by atomic mass is 16.5. The summed E-state index contributed by atoms with van der Waals surface area (Å²) >= 11 is 0. The van der Waals surface area contributed by atoms with E-state index in [4.69, 9.17) is 15.2 Å². The number of likely N-dealkylation sites (tertiary alicyclic amines) is 1. The van der Waals surface area contributed by atoms with E-state index in [-0.39, 0.29) is 6.04 Å². The van der Waals surface area contributed by atoms with Crippen LogP contribution in [0.5, 0.6) is 11.5 Å². The summed E-state index contributed by atoms with van der Waals surface area (Å²) in [5.74, 6) is 1.72. The molecule has 1 atom stereocenters. The number of rotatable bonds is 7. The van der Waals surface area contributed by atoms with Crippen molar-refractivity contribution in [3.8, 4) is 11.5 Å². The van der Waals surface area contributed by atoms with Crippen LogP contribution < -0.4 is 15.2 Å². The Morgan fingerprint density at radius 1 is 1.04 bits per heavy atom. The van der Waals surface area contributed by atoms with E-state index in [1.165, 1.54) is 25.9 Å². The van der Waals surface area contributed by atoms with Gasteiger partial charge in [-0.1, -0.05) is 24.3 Å². The van der Waals surface area contributed by atoms with Crippen molar-refractivity contribution in [2.75, 3.05) is 26.7 Å². The maximum atomic E-state index is 6.37. The zero-order valence-corrected chi connectivity index (χ0v) is 14.3. The fraction of sp³-hybridized carbons (Fsp3) is 0.400. The van der Waals surface area contributed by atoms with Crippen molar-refractivity contribution in [1.82, 2.24) is 4.90 Å². The fourth-order valence-corrected chi connectivity index (χ4v) is 3.07. The van der Waals surface area contributed by atoms with Crippen LogP contribution in [0.4, 0.5) is 0 Å².